The van der Waals surface area contributed by atoms with Gasteiger partial charge in [-0.15, -0.1) is 0 Å². The van der Waals surface area contributed by atoms with Gasteiger partial charge < -0.3 is 9.15 Å². The summed E-state index contributed by atoms with van der Waals surface area (Å²) in [6.45, 7) is 0. The predicted octanol–water partition coefficient (Wildman–Crippen LogP) is 5.05. The molecule has 0 radical (unpaired) electrons. The van der Waals surface area contributed by atoms with Crippen molar-refractivity contribution in [3.05, 3.63) is 114 Å². The van der Waals surface area contributed by atoms with Crippen LogP contribution in [0.3, 0.4) is 0 Å². The lowest BCUT2D eigenvalue weighted by molar-refractivity contribution is -0.146. The quantitative estimate of drug-likeness (QED) is 0.322. The first kappa shape index (κ1) is 19.3. The Morgan fingerprint density at radius 3 is 2.10 bits per heavy atom. The number of benzene rings is 3. The summed E-state index contributed by atoms with van der Waals surface area (Å²) >= 11 is 0. The van der Waals surface area contributed by atoms with Crippen LogP contribution in [0.25, 0.3) is 11.5 Å². The van der Waals surface area contributed by atoms with Crippen LogP contribution in [0.5, 0.6) is 0 Å². The summed E-state index contributed by atoms with van der Waals surface area (Å²) in [5.74, 6) is -0.403. The van der Waals surface area contributed by atoms with Crippen LogP contribution in [0.2, 0.25) is 0 Å². The Balaban J connectivity index is 1.51. The average Bonchev–Trinajstić information content (AvgIpc) is 3.27. The van der Waals surface area contributed by atoms with Crippen LogP contribution >= 0.6 is 0 Å². The zero-order chi connectivity index (χ0) is 20.8. The van der Waals surface area contributed by atoms with E-state index in [1.807, 2.05) is 42.5 Å². The van der Waals surface area contributed by atoms with Gasteiger partial charge in [0.1, 0.15) is 6.26 Å². The largest absolute Gasteiger partial charge is 0.449 e. The number of carbonyl (C=O) groups is 2. The fraction of sp³-hybridized carbons (Fsp3) is 0.0800. The van der Waals surface area contributed by atoms with E-state index in [9.17, 15) is 9.59 Å². The molecule has 0 bridgehead atoms. The van der Waals surface area contributed by atoms with E-state index < -0.39 is 12.1 Å². The highest BCUT2D eigenvalue weighted by molar-refractivity contribution is 6.01. The molecule has 30 heavy (non-hydrogen) atoms. The van der Waals surface area contributed by atoms with Crippen molar-refractivity contribution in [3.63, 3.8) is 0 Å². The SMILES string of the molecule is O=C(Cc1coc(-c2ccccc2)n1)OC(C(=O)c1ccccc1)c1ccccc1. The Hall–Kier alpha value is -3.99. The van der Waals surface area contributed by atoms with Crippen molar-refractivity contribution in [1.82, 2.24) is 4.98 Å². The standard InChI is InChI=1S/C25H19NO4/c27-22(16-21-17-29-25(26-21)20-14-8-3-9-15-20)30-24(19-12-6-2-7-13-19)23(28)18-10-4-1-5-11-18/h1-15,17,24H,16H2. The normalized spacial score (nSPS) is 11.6. The molecular weight excluding hydrogens is 378 g/mol. The van der Waals surface area contributed by atoms with Gasteiger partial charge in [0.25, 0.3) is 0 Å². The molecule has 0 spiro atoms. The lowest BCUT2D eigenvalue weighted by Crippen LogP contribution is -2.21. The van der Waals surface area contributed by atoms with E-state index in [4.69, 9.17) is 9.15 Å². The summed E-state index contributed by atoms with van der Waals surface area (Å²) in [5.41, 5.74) is 2.35. The number of esters is 1. The highest BCUT2D eigenvalue weighted by Gasteiger charge is 2.26. The van der Waals surface area contributed by atoms with Crippen LogP contribution in [0.4, 0.5) is 0 Å². The third kappa shape index (κ3) is 4.52. The molecule has 4 aromatic rings. The second kappa shape index (κ2) is 9.01. The molecule has 1 aromatic heterocycles. The molecule has 5 heteroatoms. The minimum atomic E-state index is -1.03. The zero-order valence-corrected chi connectivity index (χ0v) is 16.1. The van der Waals surface area contributed by atoms with Gasteiger partial charge in [0.15, 0.2) is 6.10 Å². The Bertz CT molecular complexity index is 1120. The molecule has 0 saturated heterocycles. The van der Waals surface area contributed by atoms with E-state index in [0.717, 1.165) is 5.56 Å². The van der Waals surface area contributed by atoms with Crippen LogP contribution in [0.15, 0.2) is 102 Å². The van der Waals surface area contributed by atoms with Crippen LogP contribution in [0, 0.1) is 0 Å². The lowest BCUT2D eigenvalue weighted by atomic mass is 10.00. The van der Waals surface area contributed by atoms with E-state index in [1.54, 1.807) is 48.5 Å². The molecule has 0 amide bonds. The van der Waals surface area contributed by atoms with Crippen molar-refractivity contribution in [2.45, 2.75) is 12.5 Å². The Labute approximate surface area is 174 Å². The maximum atomic E-state index is 13.0. The summed E-state index contributed by atoms with van der Waals surface area (Å²) in [6.07, 6.45) is 0.309. The van der Waals surface area contributed by atoms with E-state index in [0.29, 0.717) is 22.7 Å². The molecule has 4 rings (SSSR count). The van der Waals surface area contributed by atoms with Crippen molar-refractivity contribution >= 4 is 11.8 Å². The van der Waals surface area contributed by atoms with E-state index in [-0.39, 0.29) is 12.2 Å². The third-order valence-electron chi connectivity index (χ3n) is 4.55. The first-order valence-corrected chi connectivity index (χ1v) is 9.54. The molecule has 0 fully saturated rings. The molecule has 0 saturated carbocycles. The van der Waals surface area contributed by atoms with Crippen molar-refractivity contribution < 1.29 is 18.7 Å². The van der Waals surface area contributed by atoms with Gasteiger partial charge in [-0.1, -0.05) is 78.9 Å². The molecular formula is C25H19NO4. The summed E-state index contributed by atoms with van der Waals surface area (Å²) in [4.78, 5) is 30.0. The number of Topliss-reactive ketones (excluding diaryl/α,β-unsaturated/α-hetero) is 1. The molecule has 0 aliphatic carbocycles. The van der Waals surface area contributed by atoms with Crippen molar-refractivity contribution in [2.75, 3.05) is 0 Å². The molecule has 3 aromatic carbocycles. The molecule has 5 nitrogen and oxygen atoms in total. The average molecular weight is 397 g/mol. The van der Waals surface area contributed by atoms with Crippen molar-refractivity contribution in [2.24, 2.45) is 0 Å². The van der Waals surface area contributed by atoms with Gasteiger partial charge in [-0.05, 0) is 12.1 Å². The molecule has 0 N–H and O–H groups in total. The molecule has 0 aliphatic heterocycles. The number of carbonyl (C=O) groups excluding carboxylic acids is 2. The number of ether oxygens (including phenoxy) is 1. The van der Waals surface area contributed by atoms with Crippen molar-refractivity contribution in [1.29, 1.82) is 0 Å². The monoisotopic (exact) mass is 397 g/mol. The second-order valence-electron chi connectivity index (χ2n) is 6.70. The van der Waals surface area contributed by atoms with E-state index in [1.165, 1.54) is 6.26 Å². The van der Waals surface area contributed by atoms with Crippen LogP contribution < -0.4 is 0 Å². The Kier molecular flexibility index (Phi) is 5.80. The highest BCUT2D eigenvalue weighted by Crippen LogP contribution is 2.24. The first-order valence-electron chi connectivity index (χ1n) is 9.54. The summed E-state index contributed by atoms with van der Waals surface area (Å²) < 4.78 is 11.1. The smallest absolute Gasteiger partial charge is 0.313 e. The first-order chi connectivity index (χ1) is 14.7. The van der Waals surface area contributed by atoms with Crippen LogP contribution in [0.1, 0.15) is 27.7 Å². The highest BCUT2D eigenvalue weighted by atomic mass is 16.5. The van der Waals surface area contributed by atoms with Gasteiger partial charge >= 0.3 is 5.97 Å². The van der Waals surface area contributed by atoms with E-state index >= 15 is 0 Å². The van der Waals surface area contributed by atoms with Crippen LogP contribution in [-0.4, -0.2) is 16.7 Å². The minimum absolute atomic E-state index is 0.0955. The fourth-order valence-corrected chi connectivity index (χ4v) is 3.08. The van der Waals surface area contributed by atoms with Crippen LogP contribution in [-0.2, 0) is 16.0 Å². The maximum Gasteiger partial charge on any atom is 0.313 e. The summed E-state index contributed by atoms with van der Waals surface area (Å²) in [6, 6.07) is 27.2. The number of oxazole rings is 1. The number of nitrogens with zero attached hydrogens (tertiary/aromatic N) is 1. The van der Waals surface area contributed by atoms with Gasteiger partial charge in [-0.2, -0.15) is 0 Å². The number of aromatic nitrogens is 1. The van der Waals surface area contributed by atoms with Gasteiger partial charge in [0, 0.05) is 16.7 Å². The molecule has 1 unspecified atom stereocenters. The second-order valence-corrected chi connectivity index (χ2v) is 6.70. The number of hydrogen-bond acceptors (Lipinski definition) is 5. The Morgan fingerprint density at radius 2 is 1.43 bits per heavy atom. The topological polar surface area (TPSA) is 69.4 Å². The lowest BCUT2D eigenvalue weighted by Gasteiger charge is -2.17. The molecule has 1 atom stereocenters. The van der Waals surface area contributed by atoms with Gasteiger partial charge in [0.05, 0.1) is 12.1 Å². The number of rotatable bonds is 7. The number of ketones is 1. The minimum Gasteiger partial charge on any atom is -0.449 e. The summed E-state index contributed by atoms with van der Waals surface area (Å²) in [5, 5.41) is 0. The maximum absolute atomic E-state index is 13.0. The zero-order valence-electron chi connectivity index (χ0n) is 16.1. The Morgan fingerprint density at radius 1 is 0.833 bits per heavy atom. The molecule has 1 heterocycles. The molecule has 148 valence electrons. The molecule has 0 aliphatic rings. The van der Waals surface area contributed by atoms with Crippen molar-refractivity contribution in [3.8, 4) is 11.5 Å². The summed E-state index contributed by atoms with van der Waals surface area (Å²) in [7, 11) is 0. The fourth-order valence-electron chi connectivity index (χ4n) is 3.08. The number of hydrogen-bond donors (Lipinski definition) is 0. The van der Waals surface area contributed by atoms with Gasteiger partial charge in [-0.25, -0.2) is 4.98 Å². The van der Waals surface area contributed by atoms with Gasteiger partial charge in [-0.3, -0.25) is 9.59 Å². The predicted molar refractivity (Wildman–Crippen MR) is 112 cm³/mol. The van der Waals surface area contributed by atoms with Gasteiger partial charge in [0.2, 0.25) is 11.7 Å². The van der Waals surface area contributed by atoms with E-state index in [2.05, 4.69) is 4.98 Å². The third-order valence-corrected chi connectivity index (χ3v) is 4.55.